The maximum absolute atomic E-state index is 13.0. The molecule has 162 valence electrons. The van der Waals surface area contributed by atoms with Crippen LogP contribution in [0.4, 0.5) is 5.69 Å². The molecule has 32 heavy (non-hydrogen) atoms. The minimum atomic E-state index is -0.454. The molecule has 6 nitrogen and oxygen atoms in total. The SMILES string of the molecule is O=C(NN1C(=O)[C@@H]2[C@@H]3C=C[C@@H]([C@H]4C[C@@H]34)[C@@H]2C1=O)c1ccc(CNc2cccc(Cl)c2)cc1. The fourth-order valence-corrected chi connectivity index (χ4v) is 6.00. The van der Waals surface area contributed by atoms with Gasteiger partial charge >= 0.3 is 0 Å². The number of nitrogens with zero attached hydrogens (tertiary/aromatic N) is 1. The first-order valence-corrected chi connectivity index (χ1v) is 11.3. The van der Waals surface area contributed by atoms with E-state index in [1.807, 2.05) is 36.4 Å². The van der Waals surface area contributed by atoms with Gasteiger partial charge in [-0.15, -0.1) is 0 Å². The zero-order chi connectivity index (χ0) is 22.0. The maximum atomic E-state index is 13.0. The Morgan fingerprint density at radius 1 is 0.969 bits per heavy atom. The summed E-state index contributed by atoms with van der Waals surface area (Å²) in [5.74, 6) is -0.272. The average Bonchev–Trinajstić information content (AvgIpc) is 3.59. The van der Waals surface area contributed by atoms with Crippen molar-refractivity contribution in [2.45, 2.75) is 13.0 Å². The number of carbonyl (C=O) groups excluding carboxylic acids is 3. The van der Waals surface area contributed by atoms with Gasteiger partial charge in [-0.1, -0.05) is 42.0 Å². The minimum Gasteiger partial charge on any atom is -0.381 e. The lowest BCUT2D eigenvalue weighted by Crippen LogP contribution is -2.46. The Labute approximate surface area is 190 Å². The van der Waals surface area contributed by atoms with E-state index in [0.29, 0.717) is 29.0 Å². The summed E-state index contributed by atoms with van der Waals surface area (Å²) in [7, 11) is 0. The summed E-state index contributed by atoms with van der Waals surface area (Å²) >= 11 is 6.00. The molecule has 7 rings (SSSR count). The molecule has 6 atom stereocenters. The first-order valence-electron chi connectivity index (χ1n) is 11.0. The van der Waals surface area contributed by atoms with Crippen molar-refractivity contribution >= 4 is 35.0 Å². The molecule has 0 spiro atoms. The summed E-state index contributed by atoms with van der Waals surface area (Å²) in [6, 6.07) is 14.5. The second-order valence-corrected chi connectivity index (χ2v) is 9.60. The number of rotatable bonds is 5. The fraction of sp³-hybridized carbons (Fsp3) is 0.320. The summed E-state index contributed by atoms with van der Waals surface area (Å²) in [5, 5.41) is 4.92. The number of hydrazine groups is 1. The molecule has 2 saturated carbocycles. The number of halogens is 1. The van der Waals surface area contributed by atoms with Gasteiger partial charge in [0, 0.05) is 22.8 Å². The molecule has 1 saturated heterocycles. The summed E-state index contributed by atoms with van der Waals surface area (Å²) in [5.41, 5.74) is 4.87. The van der Waals surface area contributed by atoms with Gasteiger partial charge in [0.15, 0.2) is 0 Å². The molecular formula is C25H22ClN3O3. The van der Waals surface area contributed by atoms with Crippen LogP contribution in [-0.2, 0) is 16.1 Å². The molecule has 5 aliphatic rings. The van der Waals surface area contributed by atoms with Crippen molar-refractivity contribution in [3.8, 4) is 0 Å². The second kappa shape index (κ2) is 7.20. The van der Waals surface area contributed by atoms with Crippen LogP contribution in [0, 0.1) is 35.5 Å². The van der Waals surface area contributed by atoms with E-state index in [4.69, 9.17) is 11.6 Å². The predicted molar refractivity (Wildman–Crippen MR) is 119 cm³/mol. The maximum Gasteiger partial charge on any atom is 0.270 e. The molecule has 7 heteroatoms. The normalized spacial score (nSPS) is 31.3. The third kappa shape index (κ3) is 3.05. The molecule has 1 aliphatic heterocycles. The molecule has 3 fully saturated rings. The molecule has 2 bridgehead atoms. The highest BCUT2D eigenvalue weighted by Gasteiger charge is 2.67. The van der Waals surface area contributed by atoms with Gasteiger partial charge in [-0.05, 0) is 66.0 Å². The molecule has 1 heterocycles. The zero-order valence-corrected chi connectivity index (χ0v) is 18.0. The van der Waals surface area contributed by atoms with Crippen molar-refractivity contribution in [3.05, 3.63) is 76.8 Å². The van der Waals surface area contributed by atoms with E-state index in [0.717, 1.165) is 22.7 Å². The van der Waals surface area contributed by atoms with E-state index in [1.54, 1.807) is 12.1 Å². The standard InChI is InChI=1S/C25H22ClN3O3/c26-15-2-1-3-16(10-15)27-12-13-4-6-14(7-5-13)23(30)28-29-24(31)21-17-8-9-18(20-11-19(17)20)22(21)25(29)32/h1-10,17-22,27H,11-12H2,(H,28,30)/t17-,18+,19+,20-,21-,22+. The van der Waals surface area contributed by atoms with Gasteiger partial charge in [0.1, 0.15) is 0 Å². The van der Waals surface area contributed by atoms with Crippen molar-refractivity contribution in [3.63, 3.8) is 0 Å². The van der Waals surface area contributed by atoms with Gasteiger partial charge in [0.2, 0.25) is 0 Å². The molecule has 3 amide bonds. The van der Waals surface area contributed by atoms with Gasteiger partial charge in [-0.2, -0.15) is 5.01 Å². The van der Waals surface area contributed by atoms with E-state index in [-0.39, 0.29) is 35.5 Å². The van der Waals surface area contributed by atoms with E-state index in [1.165, 1.54) is 0 Å². The van der Waals surface area contributed by atoms with Crippen LogP contribution in [0.2, 0.25) is 5.02 Å². The molecule has 0 radical (unpaired) electrons. The number of carbonyl (C=O) groups is 3. The van der Waals surface area contributed by atoms with Crippen LogP contribution >= 0.6 is 11.6 Å². The van der Waals surface area contributed by atoms with Gasteiger partial charge in [0.05, 0.1) is 11.8 Å². The highest BCUT2D eigenvalue weighted by Crippen LogP contribution is 2.65. The number of hydrogen-bond acceptors (Lipinski definition) is 4. The van der Waals surface area contributed by atoms with E-state index in [2.05, 4.69) is 22.9 Å². The minimum absolute atomic E-state index is 0.139. The van der Waals surface area contributed by atoms with Crippen LogP contribution in [0.25, 0.3) is 0 Å². The fourth-order valence-electron chi connectivity index (χ4n) is 5.81. The lowest BCUT2D eigenvalue weighted by atomic mass is 9.63. The lowest BCUT2D eigenvalue weighted by Gasteiger charge is -2.37. The van der Waals surface area contributed by atoms with Crippen LogP contribution in [0.15, 0.2) is 60.7 Å². The van der Waals surface area contributed by atoms with Crippen molar-refractivity contribution in [2.75, 3.05) is 5.32 Å². The Balaban J connectivity index is 1.11. The number of anilines is 1. The van der Waals surface area contributed by atoms with Crippen LogP contribution < -0.4 is 10.7 Å². The van der Waals surface area contributed by atoms with Gasteiger partial charge < -0.3 is 5.32 Å². The lowest BCUT2D eigenvalue weighted by molar-refractivity contribution is -0.143. The van der Waals surface area contributed by atoms with Crippen molar-refractivity contribution in [2.24, 2.45) is 35.5 Å². The molecule has 2 N–H and O–H groups in total. The molecule has 2 aromatic rings. The predicted octanol–water partition coefficient (Wildman–Crippen LogP) is 3.65. The van der Waals surface area contributed by atoms with Crippen LogP contribution in [0.3, 0.4) is 0 Å². The highest BCUT2D eigenvalue weighted by atomic mass is 35.5. The summed E-state index contributed by atoms with van der Waals surface area (Å²) in [6.07, 6.45) is 5.35. The Bertz CT molecular complexity index is 1130. The number of hydrogen-bond donors (Lipinski definition) is 2. The number of benzene rings is 2. The zero-order valence-electron chi connectivity index (χ0n) is 17.2. The van der Waals surface area contributed by atoms with Gasteiger partial charge in [-0.25, -0.2) is 0 Å². The molecule has 2 aromatic carbocycles. The molecular weight excluding hydrogens is 426 g/mol. The molecule has 0 aromatic heterocycles. The number of imide groups is 1. The third-order valence-electron chi connectivity index (χ3n) is 7.41. The van der Waals surface area contributed by atoms with E-state index in [9.17, 15) is 14.4 Å². The average molecular weight is 448 g/mol. The second-order valence-electron chi connectivity index (χ2n) is 9.17. The summed E-state index contributed by atoms with van der Waals surface area (Å²) < 4.78 is 0. The highest BCUT2D eigenvalue weighted by molar-refractivity contribution is 6.30. The number of amides is 3. The van der Waals surface area contributed by atoms with Crippen molar-refractivity contribution < 1.29 is 14.4 Å². The summed E-state index contributed by atoms with van der Waals surface area (Å²) in [4.78, 5) is 38.8. The monoisotopic (exact) mass is 447 g/mol. The summed E-state index contributed by atoms with van der Waals surface area (Å²) in [6.45, 7) is 0.576. The third-order valence-corrected chi connectivity index (χ3v) is 7.65. The molecule has 0 unspecified atom stereocenters. The topological polar surface area (TPSA) is 78.5 Å². The van der Waals surface area contributed by atoms with Crippen LogP contribution in [0.1, 0.15) is 22.3 Å². The number of allylic oxidation sites excluding steroid dienone is 2. The van der Waals surface area contributed by atoms with E-state index >= 15 is 0 Å². The smallest absolute Gasteiger partial charge is 0.270 e. The Morgan fingerprint density at radius 3 is 2.25 bits per heavy atom. The van der Waals surface area contributed by atoms with Crippen LogP contribution in [-0.4, -0.2) is 22.7 Å². The van der Waals surface area contributed by atoms with Crippen molar-refractivity contribution in [1.29, 1.82) is 0 Å². The van der Waals surface area contributed by atoms with Gasteiger partial charge in [0.25, 0.3) is 17.7 Å². The van der Waals surface area contributed by atoms with E-state index < -0.39 is 5.91 Å². The van der Waals surface area contributed by atoms with Crippen molar-refractivity contribution in [1.82, 2.24) is 10.4 Å². The molecule has 4 aliphatic carbocycles. The largest absolute Gasteiger partial charge is 0.381 e. The van der Waals surface area contributed by atoms with Crippen LogP contribution in [0.5, 0.6) is 0 Å². The first kappa shape index (κ1) is 19.6. The Morgan fingerprint density at radius 2 is 1.62 bits per heavy atom. The van der Waals surface area contributed by atoms with Gasteiger partial charge in [-0.3, -0.25) is 19.8 Å². The quantitative estimate of drug-likeness (QED) is 0.541. The first-order chi connectivity index (χ1) is 15.5. The number of nitrogens with one attached hydrogen (secondary N) is 2. The Kier molecular flexibility index (Phi) is 4.40. The Hall–Kier alpha value is -3.12.